The summed E-state index contributed by atoms with van der Waals surface area (Å²) in [6, 6.07) is -4.82. The Bertz CT molecular complexity index is 1800. The van der Waals surface area contributed by atoms with Gasteiger partial charge in [0, 0.05) is 74.6 Å². The van der Waals surface area contributed by atoms with E-state index in [0.29, 0.717) is 25.7 Å². The van der Waals surface area contributed by atoms with Gasteiger partial charge in [-0.1, -0.05) is 77.0 Å². The number of nitrogens with one attached hydrogen (secondary N) is 7. The lowest BCUT2D eigenvalue weighted by Gasteiger charge is -2.17. The molecule has 0 aromatic heterocycles. The van der Waals surface area contributed by atoms with Crippen LogP contribution >= 0.6 is 22.9 Å². The fourth-order valence-corrected chi connectivity index (χ4v) is 8.08. The van der Waals surface area contributed by atoms with Gasteiger partial charge in [-0.2, -0.15) is 0 Å². The molecule has 0 radical (unpaired) electrons. The first kappa shape index (κ1) is 73.7. The zero-order valence-corrected chi connectivity index (χ0v) is 47.7. The highest BCUT2D eigenvalue weighted by Gasteiger charge is 2.25. The van der Waals surface area contributed by atoms with Gasteiger partial charge in [0.1, 0.15) is 37.4 Å². The van der Waals surface area contributed by atoms with Gasteiger partial charge in [0.25, 0.3) is 0 Å². The summed E-state index contributed by atoms with van der Waals surface area (Å²) in [5.74, 6) is -9.03. The first-order valence-corrected chi connectivity index (χ1v) is 28.4. The molecule has 0 aromatic rings. The van der Waals surface area contributed by atoms with Crippen molar-refractivity contribution in [2.24, 2.45) is 0 Å². The zero-order valence-electron chi connectivity index (χ0n) is 45.5. The Labute approximate surface area is 476 Å². The fraction of sp³-hybridized carbons (Fsp3) is 0.784. The van der Waals surface area contributed by atoms with Gasteiger partial charge in [-0.3, -0.25) is 38.4 Å². The molecule has 28 heteroatoms. The largest absolute Gasteiger partial charge is 0.481 e. The number of ether oxygens (including phenoxy) is 4. The Kier molecular flexibility index (Phi) is 46.4. The lowest BCUT2D eigenvalue weighted by Crippen LogP contribution is -2.45. The van der Waals surface area contributed by atoms with Crippen molar-refractivity contribution in [3.05, 3.63) is 0 Å². The zero-order chi connectivity index (χ0) is 58.9. The molecule has 27 nitrogen and oxygen atoms in total. The second-order valence-corrected chi connectivity index (χ2v) is 19.3. The van der Waals surface area contributed by atoms with Crippen LogP contribution in [0.1, 0.15) is 161 Å². The van der Waals surface area contributed by atoms with Crippen molar-refractivity contribution in [1.82, 2.24) is 35.4 Å². The first-order valence-electron chi connectivity index (χ1n) is 27.3. The summed E-state index contributed by atoms with van der Waals surface area (Å²) in [5, 5.41) is 61.1. The number of hydrogen-bond acceptors (Lipinski definition) is 16. The second kappa shape index (κ2) is 49.7. The molecule has 0 saturated heterocycles. The van der Waals surface area contributed by atoms with E-state index < -0.39 is 96.6 Å². The Hall–Kier alpha value is -5.30. The minimum Gasteiger partial charge on any atom is -0.481 e. The quantitative estimate of drug-likeness (QED) is 0.0236. The van der Waals surface area contributed by atoms with Gasteiger partial charge in [-0.25, -0.2) is 17.9 Å². The number of aliphatic carboxylic acids is 5. The Morgan fingerprint density at radius 1 is 0.316 bits per heavy atom. The molecule has 12 N–H and O–H groups in total. The summed E-state index contributed by atoms with van der Waals surface area (Å²) >= 11 is 1.75. The highest BCUT2D eigenvalue weighted by Crippen LogP contribution is 2.14. The van der Waals surface area contributed by atoms with Gasteiger partial charge in [0.2, 0.25) is 35.4 Å². The van der Waals surface area contributed by atoms with Gasteiger partial charge in [-0.05, 0) is 51.4 Å². The molecule has 0 aliphatic heterocycles. The van der Waals surface area contributed by atoms with Crippen LogP contribution in [-0.4, -0.2) is 187 Å². The molecule has 0 heterocycles. The van der Waals surface area contributed by atoms with E-state index in [0.717, 1.165) is 51.4 Å². The van der Waals surface area contributed by atoms with Gasteiger partial charge >= 0.3 is 29.8 Å². The highest BCUT2D eigenvalue weighted by atomic mass is 127. The van der Waals surface area contributed by atoms with Crippen molar-refractivity contribution >= 4 is 88.2 Å². The van der Waals surface area contributed by atoms with Gasteiger partial charge in [-0.15, -0.1) is 0 Å². The molecule has 0 fully saturated rings. The van der Waals surface area contributed by atoms with E-state index in [4.69, 9.17) is 29.2 Å². The molecule has 4 atom stereocenters. The summed E-state index contributed by atoms with van der Waals surface area (Å²) in [7, 11) is 0. The number of amides is 6. The minimum absolute atomic E-state index is 0.0338. The smallest absolute Gasteiger partial charge is 0.326 e. The van der Waals surface area contributed by atoms with E-state index in [1.165, 1.54) is 32.1 Å². The van der Waals surface area contributed by atoms with Crippen molar-refractivity contribution in [3.63, 3.8) is 0 Å². The number of carbonyl (C=O) groups excluding carboxylic acids is 6. The van der Waals surface area contributed by atoms with Crippen LogP contribution in [0, 0.1) is 0 Å². The van der Waals surface area contributed by atoms with Crippen molar-refractivity contribution in [1.29, 1.82) is 0 Å². The van der Waals surface area contributed by atoms with E-state index in [1.807, 2.05) is 0 Å². The van der Waals surface area contributed by atoms with Gasteiger partial charge < -0.3 is 76.4 Å². The summed E-state index contributed by atoms with van der Waals surface area (Å²) in [6.07, 6.45) is 15.1. The predicted octanol–water partition coefficient (Wildman–Crippen LogP) is 2.34. The molecule has 454 valence electrons. The number of hydrogen-bond donors (Lipinski definition) is 12. The monoisotopic (exact) mass is 1250 g/mol. The maximum atomic E-state index is 12.4. The number of carboxylic acid groups (broad SMARTS) is 5. The number of carboxylic acids is 5. The predicted molar refractivity (Wildman–Crippen MR) is 293 cm³/mol. The normalized spacial score (nSPS) is 12.5. The van der Waals surface area contributed by atoms with E-state index in [1.54, 1.807) is 22.9 Å². The Morgan fingerprint density at radius 3 is 1.08 bits per heavy atom. The third kappa shape index (κ3) is 46.2. The van der Waals surface area contributed by atoms with Crippen LogP contribution in [0.15, 0.2) is 0 Å². The second-order valence-electron chi connectivity index (χ2n) is 18.7. The van der Waals surface area contributed by atoms with Crippen LogP contribution in [0.2, 0.25) is 0 Å². The molecule has 0 spiro atoms. The summed E-state index contributed by atoms with van der Waals surface area (Å²) in [6.45, 7) is 0.197. The maximum absolute atomic E-state index is 12.4. The molecule has 6 amide bonds. The molecule has 0 saturated carbocycles. The third-order valence-corrected chi connectivity index (χ3v) is 12.7. The van der Waals surface area contributed by atoms with Crippen molar-refractivity contribution in [2.75, 3.05) is 72.5 Å². The Balaban J connectivity index is 3.97. The molecule has 3 unspecified atom stereocenters. The SMILES string of the molecule is O=C(O)CCCCCCCCCCCCCCCCC(=O)NC(CCC(=O)NCCOCCOCC(=O)NCCOCCOCC(=O)N[C@@H](CCC(=O)NC(CCC(=O)NCCCCC(NI)C(=O)O)C(=O)O)C(=O)O)C(=O)O. The number of halogens is 1. The van der Waals surface area contributed by atoms with E-state index in [9.17, 15) is 68.1 Å². The molecule has 79 heavy (non-hydrogen) atoms. The molecule has 0 aromatic carbocycles. The number of unbranched alkanes of at least 4 members (excludes halogenated alkanes) is 14. The first-order chi connectivity index (χ1) is 37.9. The fourth-order valence-electron chi connectivity index (χ4n) is 7.50. The van der Waals surface area contributed by atoms with Gasteiger partial charge in [0.05, 0.1) is 39.6 Å². The number of rotatable bonds is 55. The molecule has 0 aliphatic carbocycles. The average molecular weight is 1250 g/mol. The van der Waals surface area contributed by atoms with Crippen LogP contribution in [-0.2, 0) is 71.7 Å². The maximum Gasteiger partial charge on any atom is 0.326 e. The lowest BCUT2D eigenvalue weighted by molar-refractivity contribution is -0.144. The van der Waals surface area contributed by atoms with E-state index in [-0.39, 0.29) is 117 Å². The van der Waals surface area contributed by atoms with Gasteiger partial charge in [0.15, 0.2) is 0 Å². The van der Waals surface area contributed by atoms with Crippen LogP contribution in [0.25, 0.3) is 0 Å². The standard InChI is InChI=1S/C51H88IN7O20/c52-59-40(51(74)75)17-15-16-26-53-41(60)23-20-38(49(70)71)57-44(63)25-22-39(50(72)73)58-46(65)36-79-34-32-77-30-28-55-45(64)35-78-33-31-76-29-27-54-42(61)24-21-37(48(68)69)56-43(62)18-13-11-9-7-5-3-1-2-4-6-8-10-12-14-19-47(66)67/h37-40,59H,1-36H2,(H,53,60)(H,54,61)(H,55,64)(H,56,62)(H,57,63)(H,58,65)(H,66,67)(H,68,69)(H,70,71)(H,72,73)(H,74,75)/t37?,38?,39-,40?/m0/s1. The minimum atomic E-state index is -1.49. The van der Waals surface area contributed by atoms with E-state index in [2.05, 4.69) is 35.4 Å². The Morgan fingerprint density at radius 2 is 0.658 bits per heavy atom. The molecule has 0 bridgehead atoms. The summed E-state index contributed by atoms with van der Waals surface area (Å²) in [5.41, 5.74) is 0. The molecular formula is C51H88IN7O20. The highest BCUT2D eigenvalue weighted by molar-refractivity contribution is 14.1. The van der Waals surface area contributed by atoms with Crippen LogP contribution < -0.4 is 35.4 Å². The van der Waals surface area contributed by atoms with Crippen LogP contribution in [0.4, 0.5) is 0 Å². The average Bonchev–Trinajstić information content (AvgIpc) is 3.39. The molecule has 0 aliphatic rings. The third-order valence-electron chi connectivity index (χ3n) is 11.9. The van der Waals surface area contributed by atoms with Crippen LogP contribution in [0.5, 0.6) is 0 Å². The summed E-state index contributed by atoms with van der Waals surface area (Å²) < 4.78 is 23.8. The summed E-state index contributed by atoms with van der Waals surface area (Å²) in [4.78, 5) is 130. The lowest BCUT2D eigenvalue weighted by atomic mass is 10.0. The molecular weight excluding hydrogens is 1160 g/mol. The number of carbonyl (C=O) groups is 11. The van der Waals surface area contributed by atoms with Crippen molar-refractivity contribution in [3.8, 4) is 0 Å². The van der Waals surface area contributed by atoms with Crippen molar-refractivity contribution in [2.45, 2.75) is 185 Å². The van der Waals surface area contributed by atoms with Crippen molar-refractivity contribution < 1.29 is 97.2 Å². The topological polar surface area (TPSA) is 410 Å². The van der Waals surface area contributed by atoms with Crippen LogP contribution in [0.3, 0.4) is 0 Å². The molecule has 0 rings (SSSR count). The van der Waals surface area contributed by atoms with E-state index >= 15 is 0 Å².